The number of aryl methyl sites for hydroxylation is 1. The highest BCUT2D eigenvalue weighted by molar-refractivity contribution is 7.10. The van der Waals surface area contributed by atoms with Crippen molar-refractivity contribution in [3.8, 4) is 0 Å². The van der Waals surface area contributed by atoms with Crippen molar-refractivity contribution >= 4 is 11.3 Å². The highest BCUT2D eigenvalue weighted by Gasteiger charge is 2.03. The maximum atomic E-state index is 3.42. The largest absolute Gasteiger partial charge is 0.310 e. The normalized spacial score (nSPS) is 11.1. The molecular weight excluding hydrogens is 166 g/mol. The second kappa shape index (κ2) is 4.06. The number of hydrogen-bond donors (Lipinski definition) is 1. The summed E-state index contributed by atoms with van der Waals surface area (Å²) in [6, 6.07) is 0.574. The summed E-state index contributed by atoms with van der Waals surface area (Å²) in [5.74, 6) is 0. The van der Waals surface area contributed by atoms with Gasteiger partial charge in [0.2, 0.25) is 0 Å². The number of thiophene rings is 1. The summed E-state index contributed by atoms with van der Waals surface area (Å²) in [6.07, 6.45) is 0. The summed E-state index contributed by atoms with van der Waals surface area (Å²) in [7, 11) is 0. The molecule has 1 N–H and O–H groups in total. The molecule has 0 radical (unpaired) electrons. The fourth-order valence-corrected chi connectivity index (χ4v) is 1.94. The van der Waals surface area contributed by atoms with Gasteiger partial charge in [0.15, 0.2) is 0 Å². The first-order valence-corrected chi connectivity index (χ1v) is 5.26. The van der Waals surface area contributed by atoms with Crippen LogP contribution in [0, 0.1) is 13.8 Å². The molecule has 68 valence electrons. The van der Waals surface area contributed by atoms with Gasteiger partial charge < -0.3 is 5.32 Å². The summed E-state index contributed by atoms with van der Waals surface area (Å²) in [5, 5.41) is 5.67. The molecule has 1 aromatic heterocycles. The quantitative estimate of drug-likeness (QED) is 0.760. The second-order valence-corrected chi connectivity index (χ2v) is 4.56. The van der Waals surface area contributed by atoms with Crippen LogP contribution in [0.3, 0.4) is 0 Å². The van der Waals surface area contributed by atoms with Gasteiger partial charge in [-0.05, 0) is 30.4 Å². The van der Waals surface area contributed by atoms with Crippen LogP contribution in [0.1, 0.15) is 29.9 Å². The van der Waals surface area contributed by atoms with Gasteiger partial charge in [0.25, 0.3) is 0 Å². The maximum absolute atomic E-state index is 3.42. The van der Waals surface area contributed by atoms with E-state index in [1.807, 2.05) is 11.3 Å². The van der Waals surface area contributed by atoms with Crippen LogP contribution in [0.4, 0.5) is 0 Å². The lowest BCUT2D eigenvalue weighted by molar-refractivity contribution is 0.588. The number of hydrogen-bond acceptors (Lipinski definition) is 2. The molecule has 0 aliphatic rings. The Bertz CT molecular complexity index is 250. The third-order valence-corrected chi connectivity index (χ3v) is 3.15. The van der Waals surface area contributed by atoms with E-state index < -0.39 is 0 Å². The van der Waals surface area contributed by atoms with Crippen molar-refractivity contribution in [1.82, 2.24) is 5.32 Å². The second-order valence-electron chi connectivity index (χ2n) is 3.48. The highest BCUT2D eigenvalue weighted by atomic mass is 32.1. The van der Waals surface area contributed by atoms with Crippen LogP contribution in [-0.4, -0.2) is 6.04 Å². The average Bonchev–Trinajstić information content (AvgIpc) is 2.30. The molecule has 0 saturated heterocycles. The molecule has 0 fully saturated rings. The Morgan fingerprint density at radius 2 is 2.08 bits per heavy atom. The van der Waals surface area contributed by atoms with E-state index in [2.05, 4.69) is 38.4 Å². The molecule has 0 aliphatic heterocycles. The lowest BCUT2D eigenvalue weighted by atomic mass is 10.2. The van der Waals surface area contributed by atoms with Crippen molar-refractivity contribution in [2.24, 2.45) is 0 Å². The first-order valence-electron chi connectivity index (χ1n) is 4.38. The fraction of sp³-hybridized carbons (Fsp3) is 0.600. The molecule has 0 bridgehead atoms. The molecule has 0 saturated carbocycles. The van der Waals surface area contributed by atoms with Gasteiger partial charge in [-0.3, -0.25) is 0 Å². The highest BCUT2D eigenvalue weighted by Crippen LogP contribution is 2.20. The summed E-state index contributed by atoms with van der Waals surface area (Å²) in [5.41, 5.74) is 2.90. The van der Waals surface area contributed by atoms with Gasteiger partial charge in [-0.2, -0.15) is 0 Å². The van der Waals surface area contributed by atoms with Crippen molar-refractivity contribution in [3.63, 3.8) is 0 Å². The van der Waals surface area contributed by atoms with Gasteiger partial charge in [-0.1, -0.05) is 13.8 Å². The van der Waals surface area contributed by atoms with Crippen molar-refractivity contribution < 1.29 is 0 Å². The van der Waals surface area contributed by atoms with Crippen molar-refractivity contribution in [2.75, 3.05) is 0 Å². The van der Waals surface area contributed by atoms with E-state index in [4.69, 9.17) is 0 Å². The zero-order valence-corrected chi connectivity index (χ0v) is 9.09. The Balaban J connectivity index is 2.58. The summed E-state index contributed by atoms with van der Waals surface area (Å²) < 4.78 is 0. The lowest BCUT2D eigenvalue weighted by Crippen LogP contribution is -2.21. The Morgan fingerprint density at radius 1 is 1.42 bits per heavy atom. The zero-order valence-electron chi connectivity index (χ0n) is 8.27. The zero-order chi connectivity index (χ0) is 9.14. The van der Waals surface area contributed by atoms with Crippen LogP contribution in [-0.2, 0) is 6.54 Å². The summed E-state index contributed by atoms with van der Waals surface area (Å²) in [6.45, 7) is 9.74. The van der Waals surface area contributed by atoms with Crippen molar-refractivity contribution in [1.29, 1.82) is 0 Å². The number of rotatable bonds is 3. The van der Waals surface area contributed by atoms with Crippen molar-refractivity contribution in [2.45, 2.75) is 40.3 Å². The van der Waals surface area contributed by atoms with Gasteiger partial charge in [-0.25, -0.2) is 0 Å². The molecule has 0 unspecified atom stereocenters. The van der Waals surface area contributed by atoms with Crippen LogP contribution < -0.4 is 5.32 Å². The van der Waals surface area contributed by atoms with E-state index in [0.717, 1.165) is 6.54 Å². The van der Waals surface area contributed by atoms with Gasteiger partial charge in [0, 0.05) is 17.5 Å². The Morgan fingerprint density at radius 3 is 2.50 bits per heavy atom. The molecule has 0 amide bonds. The lowest BCUT2D eigenvalue weighted by Gasteiger charge is -2.07. The minimum Gasteiger partial charge on any atom is -0.310 e. The Kier molecular flexibility index (Phi) is 3.29. The molecule has 0 spiro atoms. The Hall–Kier alpha value is -0.340. The smallest absolute Gasteiger partial charge is 0.0218 e. The van der Waals surface area contributed by atoms with Crippen LogP contribution in [0.15, 0.2) is 5.38 Å². The van der Waals surface area contributed by atoms with Crippen LogP contribution in [0.25, 0.3) is 0 Å². The molecule has 1 rings (SSSR count). The average molecular weight is 183 g/mol. The van der Waals surface area contributed by atoms with Crippen LogP contribution >= 0.6 is 11.3 Å². The third kappa shape index (κ3) is 2.32. The van der Waals surface area contributed by atoms with Crippen LogP contribution in [0.5, 0.6) is 0 Å². The first kappa shape index (κ1) is 9.75. The summed E-state index contributed by atoms with van der Waals surface area (Å²) >= 11 is 1.84. The molecule has 2 heteroatoms. The minimum absolute atomic E-state index is 0.574. The topological polar surface area (TPSA) is 12.0 Å². The first-order chi connectivity index (χ1) is 5.61. The molecular formula is C10H17NS. The predicted molar refractivity (Wildman–Crippen MR) is 55.8 cm³/mol. The molecule has 12 heavy (non-hydrogen) atoms. The number of nitrogens with one attached hydrogen (secondary N) is 1. The SMILES string of the molecule is Cc1scc(CNC(C)C)c1C. The van der Waals surface area contributed by atoms with Crippen molar-refractivity contribution in [3.05, 3.63) is 21.4 Å². The van der Waals surface area contributed by atoms with Crippen LogP contribution in [0.2, 0.25) is 0 Å². The van der Waals surface area contributed by atoms with E-state index in [-0.39, 0.29) is 0 Å². The standard InChI is InChI=1S/C10H17NS/c1-7(2)11-5-10-6-12-9(4)8(10)3/h6-7,11H,5H2,1-4H3. The van der Waals surface area contributed by atoms with Gasteiger partial charge >= 0.3 is 0 Å². The summed E-state index contributed by atoms with van der Waals surface area (Å²) in [4.78, 5) is 1.44. The molecule has 0 aromatic carbocycles. The molecule has 0 aliphatic carbocycles. The maximum Gasteiger partial charge on any atom is 0.0218 e. The Labute approximate surface area is 78.8 Å². The molecule has 1 nitrogen and oxygen atoms in total. The van der Waals surface area contributed by atoms with E-state index in [0.29, 0.717) is 6.04 Å². The van der Waals surface area contributed by atoms with E-state index >= 15 is 0 Å². The minimum atomic E-state index is 0.574. The van der Waals surface area contributed by atoms with E-state index in [9.17, 15) is 0 Å². The molecule has 1 aromatic rings. The monoisotopic (exact) mass is 183 g/mol. The molecule has 1 heterocycles. The van der Waals surface area contributed by atoms with E-state index in [1.54, 1.807) is 0 Å². The van der Waals surface area contributed by atoms with Gasteiger partial charge in [0.05, 0.1) is 0 Å². The van der Waals surface area contributed by atoms with Gasteiger partial charge in [0.1, 0.15) is 0 Å². The predicted octanol–water partition coefficient (Wildman–Crippen LogP) is 2.86. The van der Waals surface area contributed by atoms with Gasteiger partial charge in [-0.15, -0.1) is 11.3 Å². The fourth-order valence-electron chi connectivity index (χ4n) is 1.05. The van der Waals surface area contributed by atoms with E-state index in [1.165, 1.54) is 16.0 Å². The molecule has 0 atom stereocenters. The third-order valence-electron chi connectivity index (χ3n) is 2.09.